The lowest BCUT2D eigenvalue weighted by molar-refractivity contribution is -0.117. The van der Waals surface area contributed by atoms with E-state index in [2.05, 4.69) is 26.1 Å². The molecule has 1 atom stereocenters. The number of rotatable bonds is 7. The number of hydrogen-bond acceptors (Lipinski definition) is 8. The van der Waals surface area contributed by atoms with Crippen molar-refractivity contribution in [3.63, 3.8) is 0 Å². The summed E-state index contributed by atoms with van der Waals surface area (Å²) in [4.78, 5) is 28.0. The molecule has 0 saturated heterocycles. The molecule has 1 N–H and O–H groups in total. The molecule has 0 saturated carbocycles. The molecule has 1 amide bonds. The summed E-state index contributed by atoms with van der Waals surface area (Å²) in [5.41, 5.74) is 1.49. The van der Waals surface area contributed by atoms with Gasteiger partial charge in [-0.05, 0) is 48.4 Å². The first-order chi connectivity index (χ1) is 17.3. The predicted molar refractivity (Wildman–Crippen MR) is 143 cm³/mol. The first kappa shape index (κ1) is 24.8. The van der Waals surface area contributed by atoms with E-state index in [0.717, 1.165) is 10.0 Å². The zero-order chi connectivity index (χ0) is 25.4. The third kappa shape index (κ3) is 4.73. The summed E-state index contributed by atoms with van der Waals surface area (Å²) in [5, 5.41) is 20.2. The lowest BCUT2D eigenvalue weighted by Crippen LogP contribution is -2.31. The molecule has 11 heteroatoms. The second-order valence-corrected chi connectivity index (χ2v) is 11.4. The van der Waals surface area contributed by atoms with E-state index in [1.165, 1.54) is 34.1 Å². The van der Waals surface area contributed by atoms with Crippen molar-refractivity contribution in [1.82, 2.24) is 10.2 Å². The minimum absolute atomic E-state index is 0.0388. The highest BCUT2D eigenvalue weighted by Crippen LogP contribution is 2.44. The minimum Gasteiger partial charge on any atom is -0.503 e. The summed E-state index contributed by atoms with van der Waals surface area (Å²) < 4.78 is 6.88. The Kier molecular flexibility index (Phi) is 7.03. The number of aryl methyl sites for hydroxylation is 1. The topological polar surface area (TPSA) is 96.5 Å². The van der Waals surface area contributed by atoms with Gasteiger partial charge in [0.05, 0.1) is 11.6 Å². The van der Waals surface area contributed by atoms with Crippen LogP contribution in [0.25, 0.3) is 0 Å². The van der Waals surface area contributed by atoms with E-state index in [4.69, 9.17) is 16.0 Å². The van der Waals surface area contributed by atoms with E-state index in [-0.39, 0.29) is 16.5 Å². The van der Waals surface area contributed by atoms with Crippen LogP contribution in [0.3, 0.4) is 0 Å². The number of nitrogens with zero attached hydrogens (tertiary/aromatic N) is 3. The molecule has 2 aromatic carbocycles. The molecule has 0 bridgehead atoms. The Bertz CT molecular complexity index is 1520. The number of aromatic nitrogens is 2. The molecule has 5 rings (SSSR count). The van der Waals surface area contributed by atoms with Gasteiger partial charge in [0.25, 0.3) is 5.91 Å². The van der Waals surface area contributed by atoms with Crippen molar-refractivity contribution in [3.8, 4) is 0 Å². The number of thioether (sulfide) groups is 1. The summed E-state index contributed by atoms with van der Waals surface area (Å²) in [6, 6.07) is 17.0. The molecular formula is C25H17BrClN3O4S2. The Balaban J connectivity index is 1.50. The van der Waals surface area contributed by atoms with Gasteiger partial charge in [0.15, 0.2) is 15.9 Å². The number of hydrogen-bond donors (Lipinski definition) is 1. The first-order valence-electron chi connectivity index (χ1n) is 10.7. The van der Waals surface area contributed by atoms with E-state index in [1.807, 2.05) is 30.3 Å². The van der Waals surface area contributed by atoms with E-state index < -0.39 is 23.5 Å². The summed E-state index contributed by atoms with van der Waals surface area (Å²) in [7, 11) is 0. The van der Waals surface area contributed by atoms with Crippen molar-refractivity contribution in [2.45, 2.75) is 23.1 Å². The molecule has 36 heavy (non-hydrogen) atoms. The Labute approximate surface area is 227 Å². The van der Waals surface area contributed by atoms with Crippen LogP contribution in [0.5, 0.6) is 0 Å². The number of carbonyl (C=O) groups excluding carboxylic acids is 2. The van der Waals surface area contributed by atoms with Gasteiger partial charge in [-0.15, -0.1) is 10.2 Å². The van der Waals surface area contributed by atoms with Crippen molar-refractivity contribution < 1.29 is 19.1 Å². The van der Waals surface area contributed by atoms with Gasteiger partial charge < -0.3 is 9.52 Å². The normalized spacial score (nSPS) is 15.7. The van der Waals surface area contributed by atoms with Gasteiger partial charge in [0.1, 0.15) is 5.76 Å². The van der Waals surface area contributed by atoms with Crippen LogP contribution in [0, 0.1) is 6.92 Å². The maximum absolute atomic E-state index is 13.4. The van der Waals surface area contributed by atoms with Crippen LogP contribution < -0.4 is 4.90 Å². The molecule has 1 aliphatic heterocycles. The SMILES string of the molecule is Cc1ccc(C(=O)C2=C(O)C(=O)N(c3nnc(SCc4ccccc4Cl)s3)C2c2cccc(Br)c2)o1. The lowest BCUT2D eigenvalue weighted by Gasteiger charge is -2.24. The van der Waals surface area contributed by atoms with Crippen molar-refractivity contribution in [2.24, 2.45) is 0 Å². The molecule has 0 fully saturated rings. The summed E-state index contributed by atoms with van der Waals surface area (Å²) in [5.74, 6) is -0.786. The Hall–Kier alpha value is -2.92. The molecule has 4 aromatic rings. The lowest BCUT2D eigenvalue weighted by atomic mass is 9.95. The van der Waals surface area contributed by atoms with E-state index in [1.54, 1.807) is 31.2 Å². The standard InChI is InChI=1S/C25H17BrClN3O4S2/c1-13-9-10-18(34-13)21(31)19-20(14-6-4-7-16(26)11-14)30(23(33)22(19)32)24-28-29-25(36-24)35-12-15-5-2-3-8-17(15)27/h2-11,20,32H,12H2,1H3. The highest BCUT2D eigenvalue weighted by molar-refractivity contribution is 9.10. The Morgan fingerprint density at radius 1 is 1.19 bits per heavy atom. The molecule has 182 valence electrons. The van der Waals surface area contributed by atoms with Crippen LogP contribution in [0.2, 0.25) is 5.02 Å². The third-order valence-corrected chi connectivity index (χ3v) is 8.46. The van der Waals surface area contributed by atoms with Crippen molar-refractivity contribution in [3.05, 3.63) is 104 Å². The number of furan rings is 1. The number of anilines is 1. The average Bonchev–Trinajstić information content (AvgIpc) is 3.57. The summed E-state index contributed by atoms with van der Waals surface area (Å²) >= 11 is 12.3. The van der Waals surface area contributed by atoms with E-state index in [0.29, 0.717) is 26.4 Å². The Morgan fingerprint density at radius 2 is 2.00 bits per heavy atom. The quantitative estimate of drug-likeness (QED) is 0.139. The molecule has 1 aliphatic rings. The van der Waals surface area contributed by atoms with Gasteiger partial charge in [-0.2, -0.15) is 0 Å². The van der Waals surface area contributed by atoms with E-state index >= 15 is 0 Å². The fraction of sp³-hybridized carbons (Fsp3) is 0.120. The number of carbonyl (C=O) groups is 2. The Morgan fingerprint density at radius 3 is 2.72 bits per heavy atom. The van der Waals surface area contributed by atoms with Crippen molar-refractivity contribution >= 4 is 67.5 Å². The van der Waals surface area contributed by atoms with Crippen LogP contribution in [-0.2, 0) is 10.5 Å². The number of Topliss-reactive ketones (excluding diaryl/α,β-unsaturated/α-hetero) is 1. The molecule has 1 unspecified atom stereocenters. The molecule has 0 aliphatic carbocycles. The van der Waals surface area contributed by atoms with Gasteiger partial charge in [0, 0.05) is 15.2 Å². The molecule has 0 radical (unpaired) electrons. The fourth-order valence-electron chi connectivity index (χ4n) is 3.83. The smallest absolute Gasteiger partial charge is 0.296 e. The van der Waals surface area contributed by atoms with Crippen LogP contribution >= 0.6 is 50.6 Å². The second-order valence-electron chi connectivity index (χ2n) is 7.87. The zero-order valence-corrected chi connectivity index (χ0v) is 22.6. The summed E-state index contributed by atoms with van der Waals surface area (Å²) in [6.45, 7) is 1.71. The van der Waals surface area contributed by atoms with Crippen LogP contribution in [0.1, 0.15) is 33.5 Å². The maximum atomic E-state index is 13.4. The van der Waals surface area contributed by atoms with Crippen molar-refractivity contribution in [1.29, 1.82) is 0 Å². The molecule has 2 aromatic heterocycles. The van der Waals surface area contributed by atoms with Gasteiger partial charge in [-0.3, -0.25) is 14.5 Å². The first-order valence-corrected chi connectivity index (χ1v) is 13.6. The number of benzene rings is 2. The third-order valence-electron chi connectivity index (χ3n) is 5.49. The van der Waals surface area contributed by atoms with Gasteiger partial charge in [0.2, 0.25) is 10.9 Å². The number of aliphatic hydroxyl groups excluding tert-OH is 1. The van der Waals surface area contributed by atoms with Gasteiger partial charge in [-0.25, -0.2) is 0 Å². The molecule has 0 spiro atoms. The average molecular weight is 603 g/mol. The fourth-order valence-corrected chi connectivity index (χ4v) is 6.40. The molecular weight excluding hydrogens is 586 g/mol. The van der Waals surface area contributed by atoms with E-state index in [9.17, 15) is 14.7 Å². The second kappa shape index (κ2) is 10.2. The number of amides is 1. The molecule has 7 nitrogen and oxygen atoms in total. The zero-order valence-electron chi connectivity index (χ0n) is 18.6. The maximum Gasteiger partial charge on any atom is 0.296 e. The number of aliphatic hydroxyl groups is 1. The van der Waals surface area contributed by atoms with Crippen molar-refractivity contribution in [2.75, 3.05) is 4.90 Å². The van der Waals surface area contributed by atoms with Gasteiger partial charge in [-0.1, -0.05) is 81.0 Å². The summed E-state index contributed by atoms with van der Waals surface area (Å²) in [6.07, 6.45) is 0. The van der Waals surface area contributed by atoms with Crippen LogP contribution in [0.4, 0.5) is 5.13 Å². The monoisotopic (exact) mass is 601 g/mol. The largest absolute Gasteiger partial charge is 0.503 e. The molecule has 3 heterocycles. The van der Waals surface area contributed by atoms with Crippen LogP contribution in [0.15, 0.2) is 85.2 Å². The number of halogens is 2. The number of ketones is 1. The minimum atomic E-state index is -0.915. The highest BCUT2D eigenvalue weighted by atomic mass is 79.9. The van der Waals surface area contributed by atoms with Crippen LogP contribution in [-0.4, -0.2) is 27.0 Å². The van der Waals surface area contributed by atoms with Gasteiger partial charge >= 0.3 is 0 Å². The highest BCUT2D eigenvalue weighted by Gasteiger charge is 2.46. The predicted octanol–water partition coefficient (Wildman–Crippen LogP) is 6.93.